The Morgan fingerprint density at radius 2 is 1.88 bits per heavy atom. The van der Waals surface area contributed by atoms with Crippen LogP contribution >= 0.6 is 0 Å². The van der Waals surface area contributed by atoms with Crippen LogP contribution in [0.2, 0.25) is 0 Å². The number of carbonyl (C=O) groups excluding carboxylic acids is 1. The van der Waals surface area contributed by atoms with Crippen molar-refractivity contribution in [2.24, 2.45) is 16.8 Å². The normalized spacial score (nSPS) is 29.9. The number of hydrogen-bond acceptors (Lipinski definition) is 3. The van der Waals surface area contributed by atoms with Crippen LogP contribution in [0.25, 0.3) is 0 Å². The Balaban J connectivity index is 3.26. The number of carbonyl (C=O) groups is 1. The van der Waals surface area contributed by atoms with Crippen LogP contribution in [0.15, 0.2) is 4.99 Å². The fourth-order valence-electron chi connectivity index (χ4n) is 2.27. The van der Waals surface area contributed by atoms with E-state index in [-0.39, 0.29) is 17.9 Å². The minimum absolute atomic E-state index is 0.0562. The van der Waals surface area contributed by atoms with E-state index in [1.807, 2.05) is 27.8 Å². The molecular formula is C13H24N2O2. The lowest BCUT2D eigenvalue weighted by molar-refractivity contribution is -0.139. The molecule has 0 aromatic carbocycles. The first-order valence-electron chi connectivity index (χ1n) is 6.16. The molecule has 0 aromatic heterocycles. The first-order valence-corrected chi connectivity index (χ1v) is 6.16. The molecule has 0 fully saturated rings. The summed E-state index contributed by atoms with van der Waals surface area (Å²) in [6, 6.07) is -0.0562. The molecule has 0 saturated carbocycles. The molecule has 1 amide bonds. The molecule has 4 nitrogen and oxygen atoms in total. The molecule has 0 aliphatic carbocycles. The highest BCUT2D eigenvalue weighted by Gasteiger charge is 2.47. The van der Waals surface area contributed by atoms with Crippen molar-refractivity contribution in [2.75, 3.05) is 14.2 Å². The summed E-state index contributed by atoms with van der Waals surface area (Å²) in [5, 5.41) is 0. The first-order chi connectivity index (χ1) is 7.75. The predicted molar refractivity (Wildman–Crippen MR) is 69.1 cm³/mol. The molecule has 17 heavy (non-hydrogen) atoms. The SMILES string of the molecule is COC1=N[C@](C)(C(C)C)C(=O)N(C)[C@H]1C(C)C. The highest BCUT2D eigenvalue weighted by atomic mass is 16.5. The molecule has 4 heteroatoms. The lowest BCUT2D eigenvalue weighted by atomic mass is 9.84. The molecule has 0 aromatic rings. The summed E-state index contributed by atoms with van der Waals surface area (Å²) in [6.07, 6.45) is 0. The Hall–Kier alpha value is -1.06. The summed E-state index contributed by atoms with van der Waals surface area (Å²) >= 11 is 0. The van der Waals surface area contributed by atoms with Gasteiger partial charge >= 0.3 is 0 Å². The number of amides is 1. The zero-order chi connectivity index (χ0) is 13.4. The van der Waals surface area contributed by atoms with Crippen LogP contribution in [0.1, 0.15) is 34.6 Å². The third-order valence-corrected chi connectivity index (χ3v) is 3.73. The van der Waals surface area contributed by atoms with Crippen molar-refractivity contribution in [2.45, 2.75) is 46.2 Å². The summed E-state index contributed by atoms with van der Waals surface area (Å²) in [7, 11) is 3.46. The minimum atomic E-state index is -0.703. The Kier molecular flexibility index (Phi) is 3.84. The van der Waals surface area contributed by atoms with E-state index >= 15 is 0 Å². The molecule has 0 spiro atoms. The summed E-state index contributed by atoms with van der Waals surface area (Å²) < 4.78 is 5.39. The number of likely N-dealkylation sites (N-methyl/N-ethyl adjacent to an activating group) is 1. The monoisotopic (exact) mass is 240 g/mol. The second-order valence-electron chi connectivity index (χ2n) is 5.56. The Morgan fingerprint density at radius 3 is 2.24 bits per heavy atom. The second kappa shape index (κ2) is 4.67. The van der Waals surface area contributed by atoms with Crippen LogP contribution in [-0.2, 0) is 9.53 Å². The van der Waals surface area contributed by atoms with Crippen molar-refractivity contribution < 1.29 is 9.53 Å². The molecule has 0 radical (unpaired) electrons. The fraction of sp³-hybridized carbons (Fsp3) is 0.846. The van der Waals surface area contributed by atoms with Crippen LogP contribution in [0.4, 0.5) is 0 Å². The van der Waals surface area contributed by atoms with Gasteiger partial charge in [0.2, 0.25) is 5.90 Å². The van der Waals surface area contributed by atoms with E-state index in [2.05, 4.69) is 18.8 Å². The third kappa shape index (κ3) is 2.17. The number of aliphatic imine (C=N–C) groups is 1. The molecule has 2 atom stereocenters. The quantitative estimate of drug-likeness (QED) is 0.740. The Labute approximate surface area is 104 Å². The minimum Gasteiger partial charge on any atom is -0.483 e. The molecule has 0 unspecified atom stereocenters. The molecule has 0 saturated heterocycles. The van der Waals surface area contributed by atoms with Crippen molar-refractivity contribution >= 4 is 11.8 Å². The maximum atomic E-state index is 12.4. The average molecular weight is 240 g/mol. The van der Waals surface area contributed by atoms with E-state index in [0.717, 1.165) is 0 Å². The molecule has 98 valence electrons. The second-order valence-corrected chi connectivity index (χ2v) is 5.56. The Morgan fingerprint density at radius 1 is 1.35 bits per heavy atom. The molecule has 0 bridgehead atoms. The van der Waals surface area contributed by atoms with Gasteiger partial charge in [0.05, 0.1) is 7.11 Å². The third-order valence-electron chi connectivity index (χ3n) is 3.73. The highest BCUT2D eigenvalue weighted by Crippen LogP contribution is 2.31. The van der Waals surface area contributed by atoms with Gasteiger partial charge in [0.15, 0.2) is 0 Å². The van der Waals surface area contributed by atoms with E-state index < -0.39 is 5.54 Å². The summed E-state index contributed by atoms with van der Waals surface area (Å²) in [6.45, 7) is 10.0. The van der Waals surface area contributed by atoms with Gasteiger partial charge < -0.3 is 9.64 Å². The molecule has 1 aliphatic heterocycles. The van der Waals surface area contributed by atoms with Crippen molar-refractivity contribution in [1.82, 2.24) is 4.90 Å². The molecule has 1 aliphatic rings. The van der Waals surface area contributed by atoms with Gasteiger partial charge in [-0.3, -0.25) is 4.79 Å². The number of nitrogens with zero attached hydrogens (tertiary/aromatic N) is 2. The van der Waals surface area contributed by atoms with Gasteiger partial charge in [0.1, 0.15) is 11.6 Å². The fourth-order valence-corrected chi connectivity index (χ4v) is 2.27. The number of methoxy groups -OCH3 is 1. The smallest absolute Gasteiger partial charge is 0.251 e. The van der Waals surface area contributed by atoms with E-state index in [4.69, 9.17) is 4.74 Å². The van der Waals surface area contributed by atoms with E-state index in [9.17, 15) is 4.79 Å². The van der Waals surface area contributed by atoms with Gasteiger partial charge in [-0.1, -0.05) is 27.7 Å². The van der Waals surface area contributed by atoms with Crippen LogP contribution in [0, 0.1) is 11.8 Å². The van der Waals surface area contributed by atoms with Crippen LogP contribution < -0.4 is 0 Å². The highest BCUT2D eigenvalue weighted by molar-refractivity contribution is 5.98. The van der Waals surface area contributed by atoms with Gasteiger partial charge in [0.25, 0.3) is 5.91 Å². The van der Waals surface area contributed by atoms with Crippen molar-refractivity contribution in [1.29, 1.82) is 0 Å². The van der Waals surface area contributed by atoms with Gasteiger partial charge in [-0.05, 0) is 18.8 Å². The summed E-state index contributed by atoms with van der Waals surface area (Å²) in [5.74, 6) is 1.18. The molecule has 0 N–H and O–H groups in total. The topological polar surface area (TPSA) is 41.9 Å². The van der Waals surface area contributed by atoms with E-state index in [0.29, 0.717) is 11.8 Å². The van der Waals surface area contributed by atoms with Crippen molar-refractivity contribution in [3.05, 3.63) is 0 Å². The van der Waals surface area contributed by atoms with Crippen LogP contribution in [0.3, 0.4) is 0 Å². The van der Waals surface area contributed by atoms with Gasteiger partial charge in [0, 0.05) is 7.05 Å². The largest absolute Gasteiger partial charge is 0.483 e. The zero-order valence-corrected chi connectivity index (χ0v) is 11.9. The maximum Gasteiger partial charge on any atom is 0.251 e. The van der Waals surface area contributed by atoms with Gasteiger partial charge in [-0.2, -0.15) is 0 Å². The van der Waals surface area contributed by atoms with E-state index in [1.165, 1.54) is 0 Å². The summed E-state index contributed by atoms with van der Waals surface area (Å²) in [4.78, 5) is 18.8. The van der Waals surface area contributed by atoms with Gasteiger partial charge in [-0.25, -0.2) is 4.99 Å². The molecule has 1 heterocycles. The van der Waals surface area contributed by atoms with Crippen LogP contribution in [0.5, 0.6) is 0 Å². The van der Waals surface area contributed by atoms with Crippen molar-refractivity contribution in [3.8, 4) is 0 Å². The standard InChI is InChI=1S/C13H24N2O2/c1-8(2)10-11(17-7)14-13(5,9(3)4)12(16)15(10)6/h8-10H,1-7H3/t10-,13+/m0/s1. The van der Waals surface area contributed by atoms with E-state index in [1.54, 1.807) is 12.0 Å². The van der Waals surface area contributed by atoms with Crippen molar-refractivity contribution in [3.63, 3.8) is 0 Å². The molecule has 1 rings (SSSR count). The Bertz CT molecular complexity index is 336. The first kappa shape index (κ1) is 14.0. The average Bonchev–Trinajstić information content (AvgIpc) is 2.24. The maximum absolute atomic E-state index is 12.4. The number of ether oxygens (including phenoxy) is 1. The predicted octanol–water partition coefficient (Wildman–Crippen LogP) is 1.94. The number of rotatable bonds is 2. The van der Waals surface area contributed by atoms with Gasteiger partial charge in [-0.15, -0.1) is 0 Å². The zero-order valence-electron chi connectivity index (χ0n) is 11.9. The lowest BCUT2D eigenvalue weighted by Gasteiger charge is -2.43. The lowest BCUT2D eigenvalue weighted by Crippen LogP contribution is -2.59. The summed E-state index contributed by atoms with van der Waals surface area (Å²) in [5.41, 5.74) is -0.703. The van der Waals surface area contributed by atoms with Crippen LogP contribution in [-0.4, -0.2) is 42.4 Å². The number of hydrogen-bond donors (Lipinski definition) is 0. The molecular weight excluding hydrogens is 216 g/mol.